The molecule has 2 heterocycles. The minimum absolute atomic E-state index is 0.414. The van der Waals surface area contributed by atoms with E-state index >= 15 is 0 Å². The number of nitrogens with zero attached hydrogens (tertiary/aromatic N) is 3. The molecule has 0 fully saturated rings. The number of ether oxygens (including phenoxy) is 2. The number of aromatic nitrogens is 3. The first-order valence-electron chi connectivity index (χ1n) is 9.89. The molecule has 0 atom stereocenters. The lowest BCUT2D eigenvalue weighted by atomic mass is 9.95. The first kappa shape index (κ1) is 21.2. The van der Waals surface area contributed by atoms with Crippen LogP contribution in [0.15, 0.2) is 55.0 Å². The summed E-state index contributed by atoms with van der Waals surface area (Å²) in [6, 6.07) is 13.3. The normalized spacial score (nSPS) is 10.8. The number of carbonyl (C=O) groups excluding carboxylic acids is 1. The zero-order chi connectivity index (χ0) is 22.7. The first-order valence-corrected chi connectivity index (χ1v) is 9.89. The Morgan fingerprint density at radius 3 is 2.44 bits per heavy atom. The highest BCUT2D eigenvalue weighted by Gasteiger charge is 2.14. The molecule has 8 nitrogen and oxygen atoms in total. The molecule has 1 amide bonds. The van der Waals surface area contributed by atoms with E-state index in [-0.39, 0.29) is 0 Å². The average molecular weight is 430 g/mol. The number of carbonyl (C=O) groups is 1. The molecule has 0 aliphatic carbocycles. The Hall–Kier alpha value is -4.04. The standard InChI is InChI=1S/C24H22N4O4/c1-14-19-8-16(17-10-21(31-2)24(32-3)25-11-17)9-20(23(19)27-13-26-14)15-4-6-18(7-5-15)28-22(30)12-29/h4-11,13,29H,12H2,1-3H3,(H,28,30). The fourth-order valence-corrected chi connectivity index (χ4v) is 3.50. The Balaban J connectivity index is 1.86. The number of nitrogens with one attached hydrogen (secondary N) is 1. The summed E-state index contributed by atoms with van der Waals surface area (Å²) in [7, 11) is 3.12. The van der Waals surface area contributed by atoms with Gasteiger partial charge in [-0.15, -0.1) is 0 Å². The first-order chi connectivity index (χ1) is 15.5. The Labute approximate surface area is 184 Å². The Morgan fingerprint density at radius 2 is 1.75 bits per heavy atom. The van der Waals surface area contributed by atoms with Crippen LogP contribution in [-0.2, 0) is 4.79 Å². The van der Waals surface area contributed by atoms with Crippen LogP contribution in [0.2, 0.25) is 0 Å². The van der Waals surface area contributed by atoms with E-state index < -0.39 is 12.5 Å². The lowest BCUT2D eigenvalue weighted by Crippen LogP contribution is -2.15. The molecule has 0 bridgehead atoms. The van der Waals surface area contributed by atoms with Crippen molar-refractivity contribution in [2.24, 2.45) is 0 Å². The van der Waals surface area contributed by atoms with Crippen molar-refractivity contribution in [3.63, 3.8) is 0 Å². The van der Waals surface area contributed by atoms with Crippen LogP contribution in [0, 0.1) is 6.92 Å². The third-order valence-corrected chi connectivity index (χ3v) is 5.13. The number of fused-ring (bicyclic) bond motifs is 1. The van der Waals surface area contributed by atoms with Gasteiger partial charge in [0.25, 0.3) is 5.88 Å². The van der Waals surface area contributed by atoms with Crippen LogP contribution >= 0.6 is 0 Å². The van der Waals surface area contributed by atoms with Crippen LogP contribution in [-0.4, -0.2) is 46.8 Å². The molecule has 0 saturated carbocycles. The molecule has 8 heteroatoms. The van der Waals surface area contributed by atoms with E-state index in [0.29, 0.717) is 17.3 Å². The minimum atomic E-state index is -0.565. The second-order valence-corrected chi connectivity index (χ2v) is 7.10. The second-order valence-electron chi connectivity index (χ2n) is 7.10. The fraction of sp³-hybridized carbons (Fsp3) is 0.167. The summed E-state index contributed by atoms with van der Waals surface area (Å²) in [4.78, 5) is 24.7. The summed E-state index contributed by atoms with van der Waals surface area (Å²) in [6.45, 7) is 1.38. The van der Waals surface area contributed by atoms with Crippen molar-refractivity contribution in [1.29, 1.82) is 0 Å². The highest BCUT2D eigenvalue weighted by Crippen LogP contribution is 2.36. The molecule has 32 heavy (non-hydrogen) atoms. The number of hydrogen-bond donors (Lipinski definition) is 2. The van der Waals surface area contributed by atoms with Gasteiger partial charge >= 0.3 is 0 Å². The van der Waals surface area contributed by atoms with Gasteiger partial charge in [-0.2, -0.15) is 0 Å². The van der Waals surface area contributed by atoms with Crippen LogP contribution in [0.25, 0.3) is 33.2 Å². The predicted molar refractivity (Wildman–Crippen MR) is 122 cm³/mol. The number of amides is 1. The van der Waals surface area contributed by atoms with Crippen LogP contribution in [0.4, 0.5) is 5.69 Å². The molecule has 2 aromatic heterocycles. The second kappa shape index (κ2) is 8.99. The summed E-state index contributed by atoms with van der Waals surface area (Å²) in [5.41, 5.74) is 5.91. The number of aliphatic hydroxyl groups is 1. The van der Waals surface area contributed by atoms with E-state index in [1.807, 2.05) is 37.3 Å². The number of hydrogen-bond acceptors (Lipinski definition) is 7. The number of rotatable bonds is 6. The number of pyridine rings is 1. The van der Waals surface area contributed by atoms with Crippen molar-refractivity contribution in [2.75, 3.05) is 26.1 Å². The number of aliphatic hydroxyl groups excluding tert-OH is 1. The smallest absolute Gasteiger partial charge is 0.256 e. The summed E-state index contributed by atoms with van der Waals surface area (Å²) in [5, 5.41) is 12.5. The lowest BCUT2D eigenvalue weighted by Gasteiger charge is -2.13. The van der Waals surface area contributed by atoms with Crippen LogP contribution in [0.5, 0.6) is 11.6 Å². The topological polar surface area (TPSA) is 106 Å². The van der Waals surface area contributed by atoms with Gasteiger partial charge in [0, 0.05) is 34.1 Å². The van der Waals surface area contributed by atoms with Gasteiger partial charge in [-0.25, -0.2) is 15.0 Å². The Morgan fingerprint density at radius 1 is 0.969 bits per heavy atom. The average Bonchev–Trinajstić information content (AvgIpc) is 2.83. The highest BCUT2D eigenvalue weighted by molar-refractivity contribution is 5.99. The molecular weight excluding hydrogens is 408 g/mol. The van der Waals surface area contributed by atoms with E-state index in [4.69, 9.17) is 14.6 Å². The van der Waals surface area contributed by atoms with Crippen LogP contribution < -0.4 is 14.8 Å². The maximum absolute atomic E-state index is 11.4. The maximum atomic E-state index is 11.4. The lowest BCUT2D eigenvalue weighted by molar-refractivity contribution is -0.118. The number of aryl methyl sites for hydroxylation is 1. The molecule has 0 aliphatic rings. The van der Waals surface area contributed by atoms with Gasteiger partial charge in [-0.3, -0.25) is 4.79 Å². The van der Waals surface area contributed by atoms with Crippen molar-refractivity contribution in [2.45, 2.75) is 6.92 Å². The van der Waals surface area contributed by atoms with Gasteiger partial charge in [0.05, 0.1) is 19.7 Å². The molecule has 0 unspecified atom stereocenters. The molecule has 0 radical (unpaired) electrons. The predicted octanol–water partition coefficient (Wildman–Crippen LogP) is 3.62. The molecule has 162 valence electrons. The molecule has 0 saturated heterocycles. The summed E-state index contributed by atoms with van der Waals surface area (Å²) in [6.07, 6.45) is 3.29. The summed E-state index contributed by atoms with van der Waals surface area (Å²) in [5.74, 6) is 0.489. The molecular formula is C24H22N4O4. The fourth-order valence-electron chi connectivity index (χ4n) is 3.50. The Bertz CT molecular complexity index is 1290. The number of methoxy groups -OCH3 is 2. The van der Waals surface area contributed by atoms with Crippen molar-refractivity contribution >= 4 is 22.5 Å². The van der Waals surface area contributed by atoms with E-state index in [0.717, 1.165) is 38.9 Å². The summed E-state index contributed by atoms with van der Waals surface area (Å²) >= 11 is 0. The van der Waals surface area contributed by atoms with Crippen molar-refractivity contribution in [3.8, 4) is 33.9 Å². The SMILES string of the molecule is COc1cc(-c2cc(-c3ccc(NC(=O)CO)cc3)c3ncnc(C)c3c2)cnc1OC. The zero-order valence-corrected chi connectivity index (χ0v) is 17.9. The minimum Gasteiger partial charge on any atom is -0.491 e. The van der Waals surface area contributed by atoms with E-state index in [9.17, 15) is 4.79 Å². The third kappa shape index (κ3) is 4.08. The van der Waals surface area contributed by atoms with Crippen molar-refractivity contribution < 1.29 is 19.4 Å². The zero-order valence-electron chi connectivity index (χ0n) is 17.9. The molecule has 4 aromatic rings. The van der Waals surface area contributed by atoms with Gasteiger partial charge in [-0.05, 0) is 48.4 Å². The molecule has 2 N–H and O–H groups in total. The molecule has 0 aliphatic heterocycles. The van der Waals surface area contributed by atoms with Gasteiger partial charge in [0.15, 0.2) is 5.75 Å². The number of anilines is 1. The van der Waals surface area contributed by atoms with Crippen molar-refractivity contribution in [1.82, 2.24) is 15.0 Å². The maximum Gasteiger partial charge on any atom is 0.256 e. The van der Waals surface area contributed by atoms with Crippen LogP contribution in [0.1, 0.15) is 5.69 Å². The van der Waals surface area contributed by atoms with Gasteiger partial charge in [0.2, 0.25) is 5.91 Å². The Kier molecular flexibility index (Phi) is 5.96. The monoisotopic (exact) mass is 430 g/mol. The van der Waals surface area contributed by atoms with Gasteiger partial charge in [0.1, 0.15) is 12.9 Å². The largest absolute Gasteiger partial charge is 0.491 e. The molecule has 4 rings (SSSR count). The highest BCUT2D eigenvalue weighted by atomic mass is 16.5. The quantitative estimate of drug-likeness (QED) is 0.481. The van der Waals surface area contributed by atoms with Crippen LogP contribution in [0.3, 0.4) is 0 Å². The van der Waals surface area contributed by atoms with Crippen molar-refractivity contribution in [3.05, 3.63) is 60.7 Å². The molecule has 2 aromatic carbocycles. The van der Waals surface area contributed by atoms with Gasteiger partial charge in [-0.1, -0.05) is 12.1 Å². The number of benzene rings is 2. The van der Waals surface area contributed by atoms with E-state index in [1.54, 1.807) is 38.9 Å². The summed E-state index contributed by atoms with van der Waals surface area (Å²) < 4.78 is 10.7. The van der Waals surface area contributed by atoms with E-state index in [2.05, 4.69) is 20.3 Å². The van der Waals surface area contributed by atoms with E-state index in [1.165, 1.54) is 0 Å². The third-order valence-electron chi connectivity index (χ3n) is 5.13. The molecule has 0 spiro atoms. The van der Waals surface area contributed by atoms with Gasteiger partial charge < -0.3 is 19.9 Å².